The van der Waals surface area contributed by atoms with Crippen molar-refractivity contribution in [2.45, 2.75) is 26.2 Å². The minimum Gasteiger partial charge on any atom is -0.481 e. The first-order valence-corrected chi connectivity index (χ1v) is 7.91. The fourth-order valence-corrected chi connectivity index (χ4v) is 3.12. The highest BCUT2D eigenvalue weighted by molar-refractivity contribution is 6.06. The van der Waals surface area contributed by atoms with E-state index in [9.17, 15) is 14.4 Å². The largest absolute Gasteiger partial charge is 0.481 e. The summed E-state index contributed by atoms with van der Waals surface area (Å²) < 4.78 is 0. The normalized spacial score (nSPS) is 22.7. The van der Waals surface area contributed by atoms with Gasteiger partial charge in [-0.2, -0.15) is 0 Å². The summed E-state index contributed by atoms with van der Waals surface area (Å²) in [5.74, 6) is -2.43. The van der Waals surface area contributed by atoms with Crippen molar-refractivity contribution in [2.75, 3.05) is 18.4 Å². The van der Waals surface area contributed by atoms with Gasteiger partial charge in [0.05, 0.1) is 23.1 Å². The maximum Gasteiger partial charge on any atom is 0.307 e. The number of nitrogens with one attached hydrogen (secondary N) is 1. The van der Waals surface area contributed by atoms with E-state index in [0.717, 1.165) is 31.5 Å². The van der Waals surface area contributed by atoms with Crippen molar-refractivity contribution in [1.82, 2.24) is 4.90 Å². The summed E-state index contributed by atoms with van der Waals surface area (Å²) in [7, 11) is 0. The van der Waals surface area contributed by atoms with Gasteiger partial charge in [0.15, 0.2) is 0 Å². The second-order valence-electron chi connectivity index (χ2n) is 6.27. The molecule has 1 aromatic rings. The Kier molecular flexibility index (Phi) is 4.07. The van der Waals surface area contributed by atoms with Crippen LogP contribution in [-0.2, 0) is 9.59 Å². The van der Waals surface area contributed by atoms with Gasteiger partial charge >= 0.3 is 5.97 Å². The standard InChI is InChI=1S/C17H20N2O4/c1-10-5-4-6-13(14(10)16(21)19-7-2-3-8-19)18-15(20)11-9-12(11)17(22)23/h4-6,11-12H,2-3,7-9H2,1H3,(H,18,20)(H,22,23). The van der Waals surface area contributed by atoms with E-state index in [2.05, 4.69) is 5.32 Å². The van der Waals surface area contributed by atoms with Crippen LogP contribution in [0.25, 0.3) is 0 Å². The summed E-state index contributed by atoms with van der Waals surface area (Å²) in [6.45, 7) is 3.32. The van der Waals surface area contributed by atoms with E-state index in [4.69, 9.17) is 5.11 Å². The van der Waals surface area contributed by atoms with E-state index < -0.39 is 17.8 Å². The van der Waals surface area contributed by atoms with Crippen molar-refractivity contribution in [3.63, 3.8) is 0 Å². The zero-order chi connectivity index (χ0) is 16.6. The first-order valence-electron chi connectivity index (χ1n) is 7.91. The lowest BCUT2D eigenvalue weighted by atomic mass is 10.0. The Hall–Kier alpha value is -2.37. The second kappa shape index (κ2) is 6.02. The van der Waals surface area contributed by atoms with Gasteiger partial charge in [-0.1, -0.05) is 12.1 Å². The SMILES string of the molecule is Cc1cccc(NC(=O)C2CC2C(=O)O)c1C(=O)N1CCCC1. The molecule has 23 heavy (non-hydrogen) atoms. The molecular weight excluding hydrogens is 296 g/mol. The number of aliphatic carboxylic acids is 1. The third-order valence-electron chi connectivity index (χ3n) is 4.58. The molecule has 2 N–H and O–H groups in total. The number of likely N-dealkylation sites (tertiary alicyclic amines) is 1. The molecule has 2 atom stereocenters. The average Bonchev–Trinajstić information content (AvgIpc) is 3.14. The molecule has 1 saturated heterocycles. The topological polar surface area (TPSA) is 86.7 Å². The van der Waals surface area contributed by atoms with Gasteiger partial charge in [-0.05, 0) is 37.8 Å². The average molecular weight is 316 g/mol. The van der Waals surface area contributed by atoms with Gasteiger partial charge in [0, 0.05) is 13.1 Å². The van der Waals surface area contributed by atoms with Crippen molar-refractivity contribution < 1.29 is 19.5 Å². The highest BCUT2D eigenvalue weighted by Gasteiger charge is 2.48. The third-order valence-corrected chi connectivity index (χ3v) is 4.58. The van der Waals surface area contributed by atoms with Gasteiger partial charge in [0.2, 0.25) is 5.91 Å². The number of aryl methyl sites for hydroxylation is 1. The fraction of sp³-hybridized carbons (Fsp3) is 0.471. The lowest BCUT2D eigenvalue weighted by molar-refractivity contribution is -0.139. The van der Waals surface area contributed by atoms with E-state index in [1.807, 2.05) is 13.0 Å². The van der Waals surface area contributed by atoms with Crippen molar-refractivity contribution in [1.29, 1.82) is 0 Å². The molecule has 1 saturated carbocycles. The van der Waals surface area contributed by atoms with E-state index >= 15 is 0 Å². The monoisotopic (exact) mass is 316 g/mol. The predicted molar refractivity (Wildman–Crippen MR) is 84.2 cm³/mol. The molecule has 0 spiro atoms. The zero-order valence-electron chi connectivity index (χ0n) is 13.0. The Balaban J connectivity index is 1.79. The summed E-state index contributed by atoms with van der Waals surface area (Å²) in [6.07, 6.45) is 2.37. The van der Waals surface area contributed by atoms with Crippen LogP contribution in [0, 0.1) is 18.8 Å². The molecule has 1 aromatic carbocycles. The first-order chi connectivity index (χ1) is 11.0. The van der Waals surface area contributed by atoms with Crippen molar-refractivity contribution in [3.05, 3.63) is 29.3 Å². The van der Waals surface area contributed by atoms with Gasteiger partial charge in [0.25, 0.3) is 5.91 Å². The molecule has 3 rings (SSSR count). The Morgan fingerprint density at radius 2 is 1.87 bits per heavy atom. The number of anilines is 1. The maximum absolute atomic E-state index is 12.7. The highest BCUT2D eigenvalue weighted by atomic mass is 16.4. The van der Waals surface area contributed by atoms with Crippen molar-refractivity contribution in [3.8, 4) is 0 Å². The molecule has 2 aliphatic rings. The minimum absolute atomic E-state index is 0.0681. The van der Waals surface area contributed by atoms with Crippen LogP contribution in [0.1, 0.15) is 35.2 Å². The van der Waals surface area contributed by atoms with E-state index in [1.165, 1.54) is 0 Å². The Morgan fingerprint density at radius 1 is 1.17 bits per heavy atom. The number of hydrogen-bond donors (Lipinski definition) is 2. The van der Waals surface area contributed by atoms with Crippen LogP contribution in [-0.4, -0.2) is 40.9 Å². The molecule has 0 bridgehead atoms. The summed E-state index contributed by atoms with van der Waals surface area (Å²) in [4.78, 5) is 37.6. The van der Waals surface area contributed by atoms with Gasteiger partial charge < -0.3 is 15.3 Å². The van der Waals surface area contributed by atoms with Crippen LogP contribution in [0.4, 0.5) is 5.69 Å². The lowest BCUT2D eigenvalue weighted by Crippen LogP contribution is -2.29. The van der Waals surface area contributed by atoms with Gasteiger partial charge in [0.1, 0.15) is 0 Å². The molecule has 1 aliphatic carbocycles. The zero-order valence-corrected chi connectivity index (χ0v) is 13.0. The third kappa shape index (κ3) is 3.06. The summed E-state index contributed by atoms with van der Waals surface area (Å²) in [5, 5.41) is 11.7. The summed E-state index contributed by atoms with van der Waals surface area (Å²) in [5.41, 5.74) is 1.79. The van der Waals surface area contributed by atoms with Gasteiger partial charge in [-0.3, -0.25) is 14.4 Å². The van der Waals surface area contributed by atoms with Crippen LogP contribution < -0.4 is 5.32 Å². The van der Waals surface area contributed by atoms with Crippen LogP contribution in [0.5, 0.6) is 0 Å². The van der Waals surface area contributed by atoms with Crippen LogP contribution in [0.15, 0.2) is 18.2 Å². The predicted octanol–water partition coefficient (Wildman–Crippen LogP) is 1.89. The van der Waals surface area contributed by atoms with Crippen LogP contribution >= 0.6 is 0 Å². The summed E-state index contributed by atoms with van der Waals surface area (Å²) >= 11 is 0. The smallest absolute Gasteiger partial charge is 0.307 e. The van der Waals surface area contributed by atoms with Crippen molar-refractivity contribution >= 4 is 23.5 Å². The van der Waals surface area contributed by atoms with E-state index in [-0.39, 0.29) is 11.8 Å². The fourth-order valence-electron chi connectivity index (χ4n) is 3.12. The molecule has 2 unspecified atom stereocenters. The number of carbonyl (C=O) groups is 3. The number of carbonyl (C=O) groups excluding carboxylic acids is 2. The van der Waals surface area contributed by atoms with E-state index in [0.29, 0.717) is 17.7 Å². The maximum atomic E-state index is 12.7. The number of carboxylic acid groups (broad SMARTS) is 1. The van der Waals surface area contributed by atoms with Gasteiger partial charge in [-0.25, -0.2) is 0 Å². The summed E-state index contributed by atoms with van der Waals surface area (Å²) in [6, 6.07) is 5.33. The van der Waals surface area contributed by atoms with E-state index in [1.54, 1.807) is 17.0 Å². The first kappa shape index (κ1) is 15.5. The minimum atomic E-state index is -0.942. The molecule has 122 valence electrons. The second-order valence-corrected chi connectivity index (χ2v) is 6.27. The number of rotatable bonds is 4. The molecule has 0 radical (unpaired) electrons. The number of benzene rings is 1. The van der Waals surface area contributed by atoms with Gasteiger partial charge in [-0.15, -0.1) is 0 Å². The molecule has 2 amide bonds. The number of hydrogen-bond acceptors (Lipinski definition) is 3. The molecule has 0 aromatic heterocycles. The highest BCUT2D eigenvalue weighted by Crippen LogP contribution is 2.39. The van der Waals surface area contributed by atoms with Crippen LogP contribution in [0.3, 0.4) is 0 Å². The van der Waals surface area contributed by atoms with Crippen LogP contribution in [0.2, 0.25) is 0 Å². The quantitative estimate of drug-likeness (QED) is 0.888. The molecule has 6 nitrogen and oxygen atoms in total. The lowest BCUT2D eigenvalue weighted by Gasteiger charge is -2.19. The number of nitrogens with zero attached hydrogens (tertiary/aromatic N) is 1. The number of carboxylic acids is 1. The molecule has 6 heteroatoms. The Labute approximate surface area is 134 Å². The van der Waals surface area contributed by atoms with Crippen molar-refractivity contribution in [2.24, 2.45) is 11.8 Å². The molecule has 2 fully saturated rings. The molecule has 1 heterocycles. The Morgan fingerprint density at radius 3 is 2.48 bits per heavy atom. The molecular formula is C17H20N2O4. The molecule has 1 aliphatic heterocycles. The Bertz CT molecular complexity index is 665. The number of amides is 2.